The van der Waals surface area contributed by atoms with Gasteiger partial charge in [-0.1, -0.05) is 30.3 Å². The lowest BCUT2D eigenvalue weighted by atomic mass is 9.88. The highest BCUT2D eigenvalue weighted by molar-refractivity contribution is 6.00. The van der Waals surface area contributed by atoms with Crippen molar-refractivity contribution in [2.24, 2.45) is 5.92 Å². The summed E-state index contributed by atoms with van der Waals surface area (Å²) in [4.78, 5) is 48.3. The molecule has 0 bridgehead atoms. The van der Waals surface area contributed by atoms with E-state index in [1.807, 2.05) is 18.2 Å². The standard InChI is InChI=1S/C20H26N2O8/c1-20(2,21-18(27)30-11-12-7-5-4-6-8-12)10-15(23)13-9-14(17(25)26)22(16(13)24)19(28)29-3/h4-8,13-15,23H,9-11H2,1-3H3,(H,21,27)(H,25,26)/t13?,14-,15?/m0/s1. The first-order valence-electron chi connectivity index (χ1n) is 9.36. The van der Waals surface area contributed by atoms with Gasteiger partial charge in [0.2, 0.25) is 5.91 Å². The summed E-state index contributed by atoms with van der Waals surface area (Å²) in [7, 11) is 1.03. The number of aliphatic hydroxyl groups is 1. The van der Waals surface area contributed by atoms with Crippen LogP contribution in [0, 0.1) is 5.92 Å². The van der Waals surface area contributed by atoms with Gasteiger partial charge in [0, 0.05) is 5.54 Å². The lowest BCUT2D eigenvalue weighted by Gasteiger charge is -2.30. The highest BCUT2D eigenvalue weighted by atomic mass is 16.6. The quantitative estimate of drug-likeness (QED) is 0.600. The molecule has 2 unspecified atom stereocenters. The monoisotopic (exact) mass is 422 g/mol. The molecular weight excluding hydrogens is 396 g/mol. The summed E-state index contributed by atoms with van der Waals surface area (Å²) in [5, 5.41) is 22.5. The zero-order chi connectivity index (χ0) is 22.5. The van der Waals surface area contributed by atoms with E-state index in [0.29, 0.717) is 4.90 Å². The van der Waals surface area contributed by atoms with Gasteiger partial charge < -0.3 is 25.0 Å². The van der Waals surface area contributed by atoms with Gasteiger partial charge in [-0.2, -0.15) is 0 Å². The fourth-order valence-electron chi connectivity index (χ4n) is 3.38. The molecule has 10 nitrogen and oxygen atoms in total. The molecule has 0 aromatic heterocycles. The number of carbonyl (C=O) groups is 4. The van der Waals surface area contributed by atoms with E-state index in [1.54, 1.807) is 26.0 Å². The number of benzene rings is 1. The third-order valence-electron chi connectivity index (χ3n) is 4.84. The molecule has 2 rings (SSSR count). The first-order valence-corrected chi connectivity index (χ1v) is 9.36. The molecule has 30 heavy (non-hydrogen) atoms. The van der Waals surface area contributed by atoms with Crippen LogP contribution >= 0.6 is 0 Å². The first kappa shape index (κ1) is 23.1. The Labute approximate surface area is 173 Å². The summed E-state index contributed by atoms with van der Waals surface area (Å²) >= 11 is 0. The van der Waals surface area contributed by atoms with Crippen molar-refractivity contribution in [3.05, 3.63) is 35.9 Å². The van der Waals surface area contributed by atoms with Gasteiger partial charge in [0.15, 0.2) is 0 Å². The number of carboxylic acid groups (broad SMARTS) is 1. The molecule has 1 aliphatic rings. The number of imide groups is 1. The normalized spacial score (nSPS) is 19.9. The number of rotatable bonds is 7. The molecule has 10 heteroatoms. The number of alkyl carbamates (subject to hydrolysis) is 1. The van der Waals surface area contributed by atoms with Crippen molar-refractivity contribution >= 4 is 24.1 Å². The highest BCUT2D eigenvalue weighted by Gasteiger charge is 2.50. The summed E-state index contributed by atoms with van der Waals surface area (Å²) in [6.07, 6.45) is -3.40. The number of hydrogen-bond acceptors (Lipinski definition) is 7. The Morgan fingerprint density at radius 1 is 1.27 bits per heavy atom. The topological polar surface area (TPSA) is 142 Å². The van der Waals surface area contributed by atoms with Crippen molar-refractivity contribution in [2.75, 3.05) is 7.11 Å². The van der Waals surface area contributed by atoms with Gasteiger partial charge in [0.1, 0.15) is 12.6 Å². The second-order valence-corrected chi connectivity index (χ2v) is 7.72. The Morgan fingerprint density at radius 2 is 1.90 bits per heavy atom. The Balaban J connectivity index is 1.96. The zero-order valence-corrected chi connectivity index (χ0v) is 17.0. The molecular formula is C20H26N2O8. The lowest BCUT2D eigenvalue weighted by molar-refractivity contribution is -0.145. The molecule has 1 saturated heterocycles. The first-order chi connectivity index (χ1) is 14.1. The van der Waals surface area contributed by atoms with Gasteiger partial charge in [-0.3, -0.25) is 4.79 Å². The van der Waals surface area contributed by atoms with E-state index in [0.717, 1.165) is 12.7 Å². The van der Waals surface area contributed by atoms with Crippen molar-refractivity contribution < 1.29 is 38.9 Å². The number of methoxy groups -OCH3 is 1. The number of carboxylic acids is 1. The van der Waals surface area contributed by atoms with Crippen LogP contribution in [0.2, 0.25) is 0 Å². The molecule has 0 radical (unpaired) electrons. The molecule has 0 aliphatic carbocycles. The number of hydrogen-bond donors (Lipinski definition) is 3. The molecule has 0 spiro atoms. The molecule has 3 N–H and O–H groups in total. The van der Waals surface area contributed by atoms with Gasteiger partial charge in [0.25, 0.3) is 0 Å². The SMILES string of the molecule is COC(=O)N1C(=O)C(C(O)CC(C)(C)NC(=O)OCc2ccccc2)C[C@H]1C(=O)O. The van der Waals surface area contributed by atoms with E-state index < -0.39 is 47.7 Å². The minimum absolute atomic E-state index is 0.0643. The van der Waals surface area contributed by atoms with Gasteiger partial charge >= 0.3 is 18.2 Å². The molecule has 1 heterocycles. The second-order valence-electron chi connectivity index (χ2n) is 7.72. The molecule has 1 fully saturated rings. The summed E-state index contributed by atoms with van der Waals surface area (Å²) < 4.78 is 9.64. The van der Waals surface area contributed by atoms with Crippen LogP contribution in [-0.2, 0) is 25.7 Å². The maximum atomic E-state index is 12.5. The van der Waals surface area contributed by atoms with Crippen molar-refractivity contribution in [3.8, 4) is 0 Å². The maximum Gasteiger partial charge on any atom is 0.417 e. The van der Waals surface area contributed by atoms with E-state index in [9.17, 15) is 29.4 Å². The summed E-state index contributed by atoms with van der Waals surface area (Å²) in [6.45, 7) is 3.33. The Morgan fingerprint density at radius 3 is 2.47 bits per heavy atom. The molecule has 3 amide bonds. The van der Waals surface area contributed by atoms with E-state index in [-0.39, 0.29) is 19.4 Å². The van der Waals surface area contributed by atoms with E-state index in [4.69, 9.17) is 4.74 Å². The van der Waals surface area contributed by atoms with Gasteiger partial charge in [-0.15, -0.1) is 0 Å². The minimum Gasteiger partial charge on any atom is -0.480 e. The summed E-state index contributed by atoms with van der Waals surface area (Å²) in [5.74, 6) is -3.32. The van der Waals surface area contributed by atoms with E-state index in [2.05, 4.69) is 10.1 Å². The largest absolute Gasteiger partial charge is 0.480 e. The number of nitrogens with zero attached hydrogens (tertiary/aromatic N) is 1. The number of amides is 3. The van der Waals surface area contributed by atoms with Crippen LogP contribution in [-0.4, -0.2) is 64.0 Å². The molecule has 0 saturated carbocycles. The predicted octanol–water partition coefficient (Wildman–Crippen LogP) is 1.51. The van der Waals surface area contributed by atoms with Crippen LogP contribution in [0.25, 0.3) is 0 Å². The van der Waals surface area contributed by atoms with Crippen molar-refractivity contribution in [1.29, 1.82) is 0 Å². The Kier molecular flexibility index (Phi) is 7.38. The molecule has 1 aromatic rings. The molecule has 164 valence electrons. The van der Waals surface area contributed by atoms with Crippen LogP contribution in [0.15, 0.2) is 30.3 Å². The maximum absolute atomic E-state index is 12.5. The van der Waals surface area contributed by atoms with Crippen LogP contribution in [0.5, 0.6) is 0 Å². The Hall–Kier alpha value is -3.14. The molecule has 1 aromatic carbocycles. The third kappa shape index (κ3) is 5.69. The van der Waals surface area contributed by atoms with Crippen LogP contribution in [0.4, 0.5) is 9.59 Å². The predicted molar refractivity (Wildman–Crippen MR) is 103 cm³/mol. The lowest BCUT2D eigenvalue weighted by Crippen LogP contribution is -2.48. The fraction of sp³-hybridized carbons (Fsp3) is 0.500. The van der Waals surface area contributed by atoms with Crippen LogP contribution in [0.1, 0.15) is 32.3 Å². The highest BCUT2D eigenvalue weighted by Crippen LogP contribution is 2.31. The van der Waals surface area contributed by atoms with Crippen molar-refractivity contribution in [1.82, 2.24) is 10.2 Å². The zero-order valence-electron chi connectivity index (χ0n) is 17.0. The average Bonchev–Trinajstić information content (AvgIpc) is 3.03. The number of likely N-dealkylation sites (tertiary alicyclic amines) is 1. The average molecular weight is 422 g/mol. The number of aliphatic carboxylic acids is 1. The van der Waals surface area contributed by atoms with Gasteiger partial charge in [-0.25, -0.2) is 19.3 Å². The number of carbonyl (C=O) groups excluding carboxylic acids is 3. The summed E-state index contributed by atoms with van der Waals surface area (Å²) in [6, 6.07) is 7.67. The smallest absolute Gasteiger partial charge is 0.417 e. The van der Waals surface area contributed by atoms with Crippen molar-refractivity contribution in [3.63, 3.8) is 0 Å². The number of ether oxygens (including phenoxy) is 2. The van der Waals surface area contributed by atoms with Gasteiger partial charge in [-0.05, 0) is 32.3 Å². The number of aliphatic hydroxyl groups excluding tert-OH is 1. The fourth-order valence-corrected chi connectivity index (χ4v) is 3.38. The Bertz CT molecular complexity index is 795. The van der Waals surface area contributed by atoms with Crippen molar-refractivity contribution in [2.45, 2.75) is 51.0 Å². The summed E-state index contributed by atoms with van der Waals surface area (Å²) in [5.41, 5.74) is -0.158. The number of nitrogens with one attached hydrogen (secondary N) is 1. The molecule has 3 atom stereocenters. The van der Waals surface area contributed by atoms with Crippen LogP contribution in [0.3, 0.4) is 0 Å². The third-order valence-corrected chi connectivity index (χ3v) is 4.84. The molecule has 1 aliphatic heterocycles. The van der Waals surface area contributed by atoms with Crippen LogP contribution < -0.4 is 5.32 Å². The minimum atomic E-state index is -1.42. The second kappa shape index (κ2) is 9.57. The van der Waals surface area contributed by atoms with E-state index in [1.165, 1.54) is 0 Å². The van der Waals surface area contributed by atoms with E-state index >= 15 is 0 Å². The van der Waals surface area contributed by atoms with Gasteiger partial charge in [0.05, 0.1) is 19.1 Å².